The Kier molecular flexibility index (Phi) is 6.61. The van der Waals surface area contributed by atoms with Crippen LogP contribution in [0.25, 0.3) is 0 Å². The van der Waals surface area contributed by atoms with E-state index in [-0.39, 0.29) is 28.9 Å². The molecule has 1 heterocycles. The number of rotatable bonds is 6. The molecule has 1 aliphatic rings. The summed E-state index contributed by atoms with van der Waals surface area (Å²) in [5.74, 6) is -0.296. The van der Waals surface area contributed by atoms with Crippen molar-refractivity contribution in [1.29, 1.82) is 0 Å². The standard InChI is InChI=1S/C26H25FN2O2S/c1-3-22(18-7-5-4-6-8-18)25(31)28-20-12-10-19(11-13-20)26-29(24(30)16-32-26)21-14-9-17(2)23(27)15-21/h4-15,22,26H,3,16H2,1-2H3,(H,28,31)/t22-,26-/m0/s1. The van der Waals surface area contributed by atoms with Crippen LogP contribution in [-0.2, 0) is 9.59 Å². The highest BCUT2D eigenvalue weighted by Crippen LogP contribution is 2.42. The van der Waals surface area contributed by atoms with E-state index in [4.69, 9.17) is 0 Å². The van der Waals surface area contributed by atoms with Gasteiger partial charge in [0.05, 0.1) is 11.7 Å². The van der Waals surface area contributed by atoms with Crippen molar-refractivity contribution in [2.75, 3.05) is 16.0 Å². The second kappa shape index (κ2) is 9.57. The van der Waals surface area contributed by atoms with Crippen LogP contribution in [0.3, 0.4) is 0 Å². The van der Waals surface area contributed by atoms with Crippen molar-refractivity contribution in [2.24, 2.45) is 0 Å². The van der Waals surface area contributed by atoms with E-state index < -0.39 is 0 Å². The summed E-state index contributed by atoms with van der Waals surface area (Å²) in [5, 5.41) is 2.76. The highest BCUT2D eigenvalue weighted by atomic mass is 32.2. The summed E-state index contributed by atoms with van der Waals surface area (Å²) >= 11 is 1.51. The Hall–Kier alpha value is -3.12. The fourth-order valence-electron chi connectivity index (χ4n) is 3.90. The highest BCUT2D eigenvalue weighted by Gasteiger charge is 2.34. The molecule has 0 aromatic heterocycles. The van der Waals surface area contributed by atoms with E-state index >= 15 is 0 Å². The fraction of sp³-hybridized carbons (Fsp3) is 0.231. The zero-order chi connectivity index (χ0) is 22.7. The van der Waals surface area contributed by atoms with Crippen molar-refractivity contribution in [2.45, 2.75) is 31.6 Å². The Morgan fingerprint density at radius 3 is 2.50 bits per heavy atom. The lowest BCUT2D eigenvalue weighted by Gasteiger charge is -2.25. The van der Waals surface area contributed by atoms with Gasteiger partial charge >= 0.3 is 0 Å². The first-order valence-electron chi connectivity index (χ1n) is 10.6. The number of hydrogen-bond acceptors (Lipinski definition) is 3. The summed E-state index contributed by atoms with van der Waals surface area (Å²) in [7, 11) is 0. The summed E-state index contributed by atoms with van der Waals surface area (Å²) in [6, 6.07) is 22.1. The molecule has 3 aromatic rings. The first kappa shape index (κ1) is 22.1. The van der Waals surface area contributed by atoms with Crippen molar-refractivity contribution < 1.29 is 14.0 Å². The molecule has 2 atom stereocenters. The van der Waals surface area contributed by atoms with Crippen molar-refractivity contribution in [1.82, 2.24) is 0 Å². The molecule has 0 radical (unpaired) electrons. The lowest BCUT2D eigenvalue weighted by atomic mass is 9.95. The number of carbonyl (C=O) groups excluding carboxylic acids is 2. The normalized spacial score (nSPS) is 16.8. The summed E-state index contributed by atoms with van der Waals surface area (Å²) in [5.41, 5.74) is 3.72. The number of aryl methyl sites for hydroxylation is 1. The zero-order valence-electron chi connectivity index (χ0n) is 18.0. The molecule has 0 spiro atoms. The zero-order valence-corrected chi connectivity index (χ0v) is 18.9. The largest absolute Gasteiger partial charge is 0.326 e. The number of carbonyl (C=O) groups is 2. The molecule has 0 bridgehead atoms. The average molecular weight is 449 g/mol. The second-order valence-corrected chi connectivity index (χ2v) is 8.91. The van der Waals surface area contributed by atoms with Gasteiger partial charge in [0.1, 0.15) is 11.2 Å². The number of amides is 2. The predicted octanol–water partition coefficient (Wildman–Crippen LogP) is 6.05. The van der Waals surface area contributed by atoms with Crippen molar-refractivity contribution in [3.05, 3.63) is 95.3 Å². The maximum Gasteiger partial charge on any atom is 0.238 e. The minimum atomic E-state index is -0.326. The van der Waals surface area contributed by atoms with Crippen LogP contribution in [0.4, 0.5) is 15.8 Å². The van der Waals surface area contributed by atoms with Crippen LogP contribution >= 0.6 is 11.8 Å². The predicted molar refractivity (Wildman–Crippen MR) is 128 cm³/mol. The maximum absolute atomic E-state index is 14.1. The molecule has 3 aromatic carbocycles. The lowest BCUT2D eigenvalue weighted by molar-refractivity contribution is -0.118. The summed E-state index contributed by atoms with van der Waals surface area (Å²) < 4.78 is 14.1. The number of thioether (sulfide) groups is 1. The van der Waals surface area contributed by atoms with Crippen LogP contribution in [0.15, 0.2) is 72.8 Å². The molecular weight excluding hydrogens is 423 g/mol. The molecule has 4 rings (SSSR count). The molecule has 1 N–H and O–H groups in total. The topological polar surface area (TPSA) is 49.4 Å². The Labute approximate surface area is 191 Å². The quantitative estimate of drug-likeness (QED) is 0.500. The number of nitrogens with zero attached hydrogens (tertiary/aromatic N) is 1. The van der Waals surface area contributed by atoms with Crippen molar-refractivity contribution in [3.63, 3.8) is 0 Å². The van der Waals surface area contributed by atoms with Gasteiger partial charge in [0, 0.05) is 11.4 Å². The van der Waals surface area contributed by atoms with Gasteiger partial charge in [0.2, 0.25) is 11.8 Å². The Balaban J connectivity index is 1.51. The molecule has 0 saturated carbocycles. The molecule has 2 amide bonds. The van der Waals surface area contributed by atoms with Crippen LogP contribution in [0.2, 0.25) is 0 Å². The molecule has 164 valence electrons. The third-order valence-corrected chi connectivity index (χ3v) is 6.90. The van der Waals surface area contributed by atoms with Gasteiger partial charge in [0.25, 0.3) is 0 Å². The van der Waals surface area contributed by atoms with Crippen LogP contribution in [-0.4, -0.2) is 17.6 Å². The lowest BCUT2D eigenvalue weighted by Crippen LogP contribution is -2.28. The summed E-state index contributed by atoms with van der Waals surface area (Å²) in [4.78, 5) is 27.0. The second-order valence-electron chi connectivity index (χ2n) is 7.84. The monoisotopic (exact) mass is 448 g/mol. The Bertz CT molecular complexity index is 1120. The van der Waals surface area contributed by atoms with Gasteiger partial charge in [-0.3, -0.25) is 14.5 Å². The number of nitrogens with one attached hydrogen (secondary N) is 1. The smallest absolute Gasteiger partial charge is 0.238 e. The van der Waals surface area contributed by atoms with Crippen molar-refractivity contribution in [3.8, 4) is 0 Å². The number of anilines is 2. The number of benzene rings is 3. The van der Waals surface area contributed by atoms with Gasteiger partial charge in [-0.2, -0.15) is 0 Å². The van der Waals surface area contributed by atoms with E-state index in [1.54, 1.807) is 24.0 Å². The maximum atomic E-state index is 14.1. The molecule has 32 heavy (non-hydrogen) atoms. The van der Waals surface area contributed by atoms with E-state index in [0.29, 0.717) is 29.1 Å². The molecule has 1 fully saturated rings. The van der Waals surface area contributed by atoms with E-state index in [1.807, 2.05) is 61.5 Å². The molecule has 0 aliphatic carbocycles. The Morgan fingerprint density at radius 1 is 1.12 bits per heavy atom. The van der Waals surface area contributed by atoms with Crippen LogP contribution in [0.5, 0.6) is 0 Å². The van der Waals surface area contributed by atoms with E-state index in [2.05, 4.69) is 5.32 Å². The highest BCUT2D eigenvalue weighted by molar-refractivity contribution is 8.00. The van der Waals surface area contributed by atoms with Gasteiger partial charge < -0.3 is 5.32 Å². The van der Waals surface area contributed by atoms with E-state index in [9.17, 15) is 14.0 Å². The van der Waals surface area contributed by atoms with Crippen LogP contribution in [0, 0.1) is 12.7 Å². The van der Waals surface area contributed by atoms with Crippen molar-refractivity contribution >= 4 is 35.0 Å². The molecule has 1 saturated heterocycles. The molecule has 4 nitrogen and oxygen atoms in total. The minimum absolute atomic E-state index is 0.0470. The molecular formula is C26H25FN2O2S. The van der Waals surface area contributed by atoms with Crippen LogP contribution < -0.4 is 10.2 Å². The van der Waals surface area contributed by atoms with Gasteiger partial charge in [-0.05, 0) is 54.3 Å². The average Bonchev–Trinajstić information content (AvgIpc) is 3.19. The van der Waals surface area contributed by atoms with Gasteiger partial charge in [-0.15, -0.1) is 11.8 Å². The SMILES string of the molecule is CC[C@H](C(=O)Nc1ccc([C@@H]2SCC(=O)N2c2ccc(C)c(F)c2)cc1)c1ccccc1. The fourth-order valence-corrected chi connectivity index (χ4v) is 5.08. The third-order valence-electron chi connectivity index (χ3n) is 5.69. The summed E-state index contributed by atoms with van der Waals surface area (Å²) in [6.07, 6.45) is 0.705. The first-order chi connectivity index (χ1) is 15.5. The van der Waals surface area contributed by atoms with E-state index in [0.717, 1.165) is 11.1 Å². The van der Waals surface area contributed by atoms with Gasteiger partial charge in [-0.1, -0.05) is 55.5 Å². The van der Waals surface area contributed by atoms with Gasteiger partial charge in [0.15, 0.2) is 0 Å². The third kappa shape index (κ3) is 4.55. The number of hydrogen-bond donors (Lipinski definition) is 1. The first-order valence-corrected chi connectivity index (χ1v) is 11.7. The van der Waals surface area contributed by atoms with Crippen LogP contribution in [0.1, 0.15) is 41.3 Å². The van der Waals surface area contributed by atoms with Gasteiger partial charge in [-0.25, -0.2) is 4.39 Å². The van der Waals surface area contributed by atoms with E-state index in [1.165, 1.54) is 17.8 Å². The molecule has 1 aliphatic heterocycles. The summed E-state index contributed by atoms with van der Waals surface area (Å²) in [6.45, 7) is 3.70. The molecule has 6 heteroatoms. The minimum Gasteiger partial charge on any atom is -0.326 e. The Morgan fingerprint density at radius 2 is 1.84 bits per heavy atom. The number of halogens is 1. The molecule has 0 unspecified atom stereocenters.